The number of aryl methyl sites for hydroxylation is 3. The molecule has 3 rings (SSSR count). The molecular weight excluding hydrogens is 346 g/mol. The van der Waals surface area contributed by atoms with Crippen LogP contribution in [0.5, 0.6) is 0 Å². The predicted octanol–water partition coefficient (Wildman–Crippen LogP) is 4.29. The van der Waals surface area contributed by atoms with Crippen molar-refractivity contribution in [1.29, 1.82) is 5.26 Å². The van der Waals surface area contributed by atoms with Crippen molar-refractivity contribution in [1.82, 2.24) is 20.4 Å². The van der Waals surface area contributed by atoms with Crippen LogP contribution < -0.4 is 0 Å². The Labute approximate surface area is 156 Å². The van der Waals surface area contributed by atoms with Crippen molar-refractivity contribution in [3.63, 3.8) is 0 Å². The summed E-state index contributed by atoms with van der Waals surface area (Å²) in [6, 6.07) is 8.34. The van der Waals surface area contributed by atoms with Crippen LogP contribution in [0.3, 0.4) is 0 Å². The molecule has 6 nitrogen and oxygen atoms in total. The van der Waals surface area contributed by atoms with E-state index in [9.17, 15) is 5.26 Å². The van der Waals surface area contributed by atoms with Gasteiger partial charge >= 0.3 is 0 Å². The largest absolute Gasteiger partial charge is 0.411 e. The van der Waals surface area contributed by atoms with Gasteiger partial charge in [0.25, 0.3) is 5.22 Å². The van der Waals surface area contributed by atoms with E-state index in [1.807, 2.05) is 39.8 Å². The fourth-order valence-corrected chi connectivity index (χ4v) is 3.61. The summed E-state index contributed by atoms with van der Waals surface area (Å²) >= 11 is 1.18. The fourth-order valence-electron chi connectivity index (χ4n) is 2.89. The van der Waals surface area contributed by atoms with Gasteiger partial charge in [-0.3, -0.25) is 0 Å². The zero-order valence-electron chi connectivity index (χ0n) is 15.2. The molecule has 7 heteroatoms. The molecule has 0 aliphatic rings. The highest BCUT2D eigenvalue weighted by atomic mass is 32.2. The first-order valence-electron chi connectivity index (χ1n) is 8.44. The molecule has 0 N–H and O–H groups in total. The van der Waals surface area contributed by atoms with Crippen LogP contribution in [0.2, 0.25) is 0 Å². The Hall–Kier alpha value is -2.72. The standard InChI is InChI=1S/C19H19N5OS/c1-5-14-15(10-20)18(23-21-16(14)6-2)26-19-24-22-17(25-19)13-8-11(3)7-12(4)9-13/h7-9H,5-6H2,1-4H3. The highest BCUT2D eigenvalue weighted by molar-refractivity contribution is 7.99. The smallest absolute Gasteiger partial charge is 0.283 e. The first kappa shape index (κ1) is 18.1. The summed E-state index contributed by atoms with van der Waals surface area (Å²) in [4.78, 5) is 0. The van der Waals surface area contributed by atoms with E-state index in [1.165, 1.54) is 11.8 Å². The van der Waals surface area contributed by atoms with Crippen LogP contribution in [0.25, 0.3) is 11.5 Å². The SMILES string of the molecule is CCc1nnc(Sc2nnc(-c3cc(C)cc(C)c3)o2)c(C#N)c1CC. The highest BCUT2D eigenvalue weighted by Crippen LogP contribution is 2.32. The summed E-state index contributed by atoms with van der Waals surface area (Å²) in [6.07, 6.45) is 1.47. The monoisotopic (exact) mass is 365 g/mol. The van der Waals surface area contributed by atoms with Gasteiger partial charge in [-0.2, -0.15) is 10.4 Å². The lowest BCUT2D eigenvalue weighted by molar-refractivity contribution is 0.465. The second-order valence-electron chi connectivity index (χ2n) is 5.98. The average molecular weight is 365 g/mol. The number of nitrogens with zero attached hydrogens (tertiary/aromatic N) is 5. The molecule has 0 radical (unpaired) electrons. The molecule has 0 amide bonds. The zero-order chi connectivity index (χ0) is 18.7. The van der Waals surface area contributed by atoms with Crippen LogP contribution in [-0.2, 0) is 12.8 Å². The van der Waals surface area contributed by atoms with Crippen molar-refractivity contribution in [2.45, 2.75) is 50.8 Å². The summed E-state index contributed by atoms with van der Waals surface area (Å²) in [5.74, 6) is 0.451. The van der Waals surface area contributed by atoms with E-state index in [2.05, 4.69) is 32.5 Å². The maximum absolute atomic E-state index is 9.57. The third-order valence-corrected chi connectivity index (χ3v) is 4.80. The molecule has 132 valence electrons. The van der Waals surface area contributed by atoms with Gasteiger partial charge in [0, 0.05) is 5.56 Å². The van der Waals surface area contributed by atoms with E-state index in [4.69, 9.17) is 4.42 Å². The van der Waals surface area contributed by atoms with Crippen LogP contribution in [0.4, 0.5) is 0 Å². The number of nitriles is 1. The van der Waals surface area contributed by atoms with E-state index in [0.29, 0.717) is 21.7 Å². The van der Waals surface area contributed by atoms with E-state index in [0.717, 1.165) is 40.8 Å². The number of benzene rings is 1. The molecule has 2 heterocycles. The van der Waals surface area contributed by atoms with Crippen molar-refractivity contribution < 1.29 is 4.42 Å². The Kier molecular flexibility index (Phi) is 5.33. The Morgan fingerprint density at radius 1 is 1.00 bits per heavy atom. The third-order valence-electron chi connectivity index (χ3n) is 3.98. The van der Waals surface area contributed by atoms with Crippen molar-refractivity contribution >= 4 is 11.8 Å². The van der Waals surface area contributed by atoms with Crippen molar-refractivity contribution in [2.75, 3.05) is 0 Å². The maximum atomic E-state index is 9.57. The van der Waals surface area contributed by atoms with E-state index in [-0.39, 0.29) is 0 Å². The minimum Gasteiger partial charge on any atom is -0.411 e. The van der Waals surface area contributed by atoms with E-state index >= 15 is 0 Å². The van der Waals surface area contributed by atoms with Crippen molar-refractivity contribution in [3.05, 3.63) is 46.1 Å². The number of hydrogen-bond donors (Lipinski definition) is 0. The molecule has 0 aliphatic heterocycles. The minimum absolute atomic E-state index is 0.344. The van der Waals surface area contributed by atoms with Gasteiger partial charge in [-0.15, -0.1) is 15.3 Å². The molecule has 2 aromatic heterocycles. The molecule has 0 atom stereocenters. The third kappa shape index (κ3) is 3.60. The van der Waals surface area contributed by atoms with Gasteiger partial charge in [0.2, 0.25) is 5.89 Å². The molecule has 0 fully saturated rings. The number of hydrogen-bond acceptors (Lipinski definition) is 7. The molecule has 0 saturated carbocycles. The van der Waals surface area contributed by atoms with Gasteiger partial charge in [0.15, 0.2) is 0 Å². The molecule has 0 unspecified atom stereocenters. The Morgan fingerprint density at radius 2 is 1.73 bits per heavy atom. The number of rotatable bonds is 5. The maximum Gasteiger partial charge on any atom is 0.283 e. The van der Waals surface area contributed by atoms with Gasteiger partial charge in [-0.05, 0) is 56.1 Å². The molecule has 1 aromatic carbocycles. The minimum atomic E-state index is 0.344. The first-order valence-corrected chi connectivity index (χ1v) is 9.25. The second kappa shape index (κ2) is 7.67. The molecular formula is C19H19N5OS. The number of aromatic nitrogens is 4. The molecule has 3 aromatic rings. The van der Waals surface area contributed by atoms with E-state index in [1.54, 1.807) is 0 Å². The van der Waals surface area contributed by atoms with Gasteiger partial charge in [-0.1, -0.05) is 31.0 Å². The van der Waals surface area contributed by atoms with Crippen molar-refractivity contribution in [3.8, 4) is 17.5 Å². The average Bonchev–Trinajstić information content (AvgIpc) is 3.09. The van der Waals surface area contributed by atoms with Crippen LogP contribution in [-0.4, -0.2) is 20.4 Å². The normalized spacial score (nSPS) is 10.7. The highest BCUT2D eigenvalue weighted by Gasteiger charge is 2.18. The lowest BCUT2D eigenvalue weighted by Crippen LogP contribution is -2.04. The molecule has 0 spiro atoms. The molecule has 0 saturated heterocycles. The van der Waals surface area contributed by atoms with Crippen LogP contribution in [0.1, 0.15) is 41.8 Å². The van der Waals surface area contributed by atoms with Gasteiger partial charge in [-0.25, -0.2) is 0 Å². The van der Waals surface area contributed by atoms with Gasteiger partial charge < -0.3 is 4.42 Å². The predicted molar refractivity (Wildman–Crippen MR) is 98.8 cm³/mol. The van der Waals surface area contributed by atoms with E-state index < -0.39 is 0 Å². The Bertz CT molecular complexity index is 970. The fraction of sp³-hybridized carbons (Fsp3) is 0.316. The summed E-state index contributed by atoms with van der Waals surface area (Å²) in [6.45, 7) is 8.07. The Morgan fingerprint density at radius 3 is 2.35 bits per heavy atom. The van der Waals surface area contributed by atoms with Crippen molar-refractivity contribution in [2.24, 2.45) is 0 Å². The van der Waals surface area contributed by atoms with Gasteiger partial charge in [0.05, 0.1) is 11.3 Å². The Balaban J connectivity index is 1.94. The second-order valence-corrected chi connectivity index (χ2v) is 6.92. The topological polar surface area (TPSA) is 88.5 Å². The molecule has 26 heavy (non-hydrogen) atoms. The first-order chi connectivity index (χ1) is 12.5. The summed E-state index contributed by atoms with van der Waals surface area (Å²) in [5, 5.41) is 27.1. The lowest BCUT2D eigenvalue weighted by atomic mass is 10.1. The lowest BCUT2D eigenvalue weighted by Gasteiger charge is -2.08. The zero-order valence-corrected chi connectivity index (χ0v) is 16.0. The van der Waals surface area contributed by atoms with Gasteiger partial charge in [0.1, 0.15) is 11.1 Å². The van der Waals surface area contributed by atoms with Crippen LogP contribution in [0.15, 0.2) is 32.9 Å². The van der Waals surface area contributed by atoms with Crippen LogP contribution in [0, 0.1) is 25.2 Å². The summed E-state index contributed by atoms with van der Waals surface area (Å²) in [5.41, 5.74) is 5.47. The van der Waals surface area contributed by atoms with Crippen LogP contribution >= 0.6 is 11.8 Å². The summed E-state index contributed by atoms with van der Waals surface area (Å²) < 4.78 is 5.78. The summed E-state index contributed by atoms with van der Waals surface area (Å²) in [7, 11) is 0. The molecule has 0 bridgehead atoms. The molecule has 0 aliphatic carbocycles. The quantitative estimate of drug-likeness (QED) is 0.666.